The van der Waals surface area contributed by atoms with Gasteiger partial charge in [-0.3, -0.25) is 0 Å². The molecule has 1 aromatic carbocycles. The third-order valence-electron chi connectivity index (χ3n) is 2.06. The Kier molecular flexibility index (Phi) is 3.80. The number of hydrogen-bond acceptors (Lipinski definition) is 2. The van der Waals surface area contributed by atoms with Crippen molar-refractivity contribution in [3.63, 3.8) is 0 Å². The van der Waals surface area contributed by atoms with E-state index in [1.807, 2.05) is 0 Å². The van der Waals surface area contributed by atoms with E-state index in [0.29, 0.717) is 17.5 Å². The van der Waals surface area contributed by atoms with Crippen LogP contribution in [0, 0.1) is 5.82 Å². The number of rotatable bonds is 4. The lowest BCUT2D eigenvalue weighted by Gasteiger charge is -2.11. The van der Waals surface area contributed by atoms with E-state index in [9.17, 15) is 4.39 Å². The lowest BCUT2D eigenvalue weighted by Crippen LogP contribution is -2.11. The van der Waals surface area contributed by atoms with Crippen LogP contribution in [0.4, 0.5) is 4.39 Å². The van der Waals surface area contributed by atoms with E-state index < -0.39 is 0 Å². The molecule has 0 saturated heterocycles. The summed E-state index contributed by atoms with van der Waals surface area (Å²) in [6.07, 6.45) is 2.17. The summed E-state index contributed by atoms with van der Waals surface area (Å²) in [5.74, 6) is -0.337. The Hall–Kier alpha value is -1.19. The average Bonchev–Trinajstić information content (AvgIpc) is 2.19. The molecule has 1 rings (SSSR count). The van der Waals surface area contributed by atoms with Gasteiger partial charge in [0.1, 0.15) is 5.82 Å². The Balaban J connectivity index is 2.98. The van der Waals surface area contributed by atoms with Crippen LogP contribution in [0.15, 0.2) is 30.9 Å². The van der Waals surface area contributed by atoms with Crippen molar-refractivity contribution in [1.29, 1.82) is 0 Å². The number of aliphatic hydroxyl groups is 1. The first-order valence-corrected chi connectivity index (χ1v) is 4.44. The fourth-order valence-electron chi connectivity index (χ4n) is 1.28. The summed E-state index contributed by atoms with van der Waals surface area (Å²) in [5.41, 5.74) is 6.83. The fourth-order valence-corrected chi connectivity index (χ4v) is 1.28. The number of halogens is 1. The maximum atomic E-state index is 13.3. The van der Waals surface area contributed by atoms with Crippen molar-refractivity contribution in [2.75, 3.05) is 0 Å². The van der Waals surface area contributed by atoms with Crippen molar-refractivity contribution in [3.05, 3.63) is 47.8 Å². The largest absolute Gasteiger partial charge is 0.392 e. The van der Waals surface area contributed by atoms with Crippen molar-refractivity contribution in [3.8, 4) is 0 Å². The van der Waals surface area contributed by atoms with Gasteiger partial charge in [-0.05, 0) is 24.1 Å². The molecule has 0 heterocycles. The molecule has 1 aromatic rings. The van der Waals surface area contributed by atoms with Crippen molar-refractivity contribution in [1.82, 2.24) is 0 Å². The van der Waals surface area contributed by atoms with Crippen molar-refractivity contribution in [2.24, 2.45) is 5.73 Å². The summed E-state index contributed by atoms with van der Waals surface area (Å²) < 4.78 is 13.3. The third kappa shape index (κ3) is 2.40. The van der Waals surface area contributed by atoms with Crippen LogP contribution < -0.4 is 5.73 Å². The maximum Gasteiger partial charge on any atom is 0.128 e. The zero-order chi connectivity index (χ0) is 10.6. The summed E-state index contributed by atoms with van der Waals surface area (Å²) in [6, 6.07) is 4.06. The van der Waals surface area contributed by atoms with Crippen LogP contribution in [0.2, 0.25) is 0 Å². The molecule has 1 unspecified atom stereocenters. The van der Waals surface area contributed by atoms with Gasteiger partial charge in [-0.15, -0.1) is 6.58 Å². The first-order valence-electron chi connectivity index (χ1n) is 4.44. The molecule has 3 N–H and O–H groups in total. The first kappa shape index (κ1) is 10.9. The molecule has 0 aliphatic heterocycles. The highest BCUT2D eigenvalue weighted by molar-refractivity contribution is 5.27. The minimum atomic E-state index is -0.390. The van der Waals surface area contributed by atoms with E-state index in [-0.39, 0.29) is 18.5 Å². The van der Waals surface area contributed by atoms with Crippen LogP contribution in [-0.2, 0) is 6.61 Å². The molecule has 76 valence electrons. The van der Waals surface area contributed by atoms with Crippen LogP contribution in [0.25, 0.3) is 0 Å². The van der Waals surface area contributed by atoms with Gasteiger partial charge in [0, 0.05) is 11.6 Å². The van der Waals surface area contributed by atoms with Gasteiger partial charge >= 0.3 is 0 Å². The minimum absolute atomic E-state index is 0.103. The third-order valence-corrected chi connectivity index (χ3v) is 2.06. The molecule has 0 radical (unpaired) electrons. The Bertz CT molecular complexity index is 325. The molecule has 0 aromatic heterocycles. The Morgan fingerprint density at radius 2 is 2.29 bits per heavy atom. The topological polar surface area (TPSA) is 46.2 Å². The van der Waals surface area contributed by atoms with Gasteiger partial charge in [0.15, 0.2) is 0 Å². The van der Waals surface area contributed by atoms with Crippen LogP contribution in [-0.4, -0.2) is 5.11 Å². The minimum Gasteiger partial charge on any atom is -0.392 e. The molecular weight excluding hydrogens is 181 g/mol. The highest BCUT2D eigenvalue weighted by Crippen LogP contribution is 2.19. The molecule has 1 atom stereocenters. The van der Waals surface area contributed by atoms with Crippen molar-refractivity contribution >= 4 is 0 Å². The number of aliphatic hydroxyl groups excluding tert-OH is 1. The van der Waals surface area contributed by atoms with E-state index in [1.54, 1.807) is 18.2 Å². The quantitative estimate of drug-likeness (QED) is 0.721. The molecule has 0 saturated carbocycles. The predicted molar refractivity (Wildman–Crippen MR) is 54.1 cm³/mol. The summed E-state index contributed by atoms with van der Waals surface area (Å²) in [7, 11) is 0. The fraction of sp³-hybridized carbons (Fsp3) is 0.273. The van der Waals surface area contributed by atoms with Crippen LogP contribution in [0.3, 0.4) is 0 Å². The maximum absolute atomic E-state index is 13.3. The van der Waals surface area contributed by atoms with Gasteiger partial charge < -0.3 is 10.8 Å². The van der Waals surface area contributed by atoms with Gasteiger partial charge in [0.2, 0.25) is 0 Å². The molecule has 0 bridgehead atoms. The zero-order valence-corrected chi connectivity index (χ0v) is 7.91. The average molecular weight is 195 g/mol. The van der Waals surface area contributed by atoms with Crippen LogP contribution in [0.5, 0.6) is 0 Å². The lowest BCUT2D eigenvalue weighted by atomic mass is 10.0. The van der Waals surface area contributed by atoms with Gasteiger partial charge in [-0.2, -0.15) is 0 Å². The van der Waals surface area contributed by atoms with Crippen molar-refractivity contribution in [2.45, 2.75) is 19.1 Å². The first-order chi connectivity index (χ1) is 6.69. The van der Waals surface area contributed by atoms with Gasteiger partial charge in [0.05, 0.1) is 6.61 Å². The summed E-state index contributed by atoms with van der Waals surface area (Å²) in [4.78, 5) is 0. The molecule has 0 fully saturated rings. The van der Waals surface area contributed by atoms with E-state index in [1.165, 1.54) is 6.07 Å². The predicted octanol–water partition coefficient (Wildman–Crippen LogP) is 1.89. The summed E-state index contributed by atoms with van der Waals surface area (Å²) >= 11 is 0. The van der Waals surface area contributed by atoms with Crippen molar-refractivity contribution < 1.29 is 9.50 Å². The second-order valence-electron chi connectivity index (χ2n) is 3.14. The second kappa shape index (κ2) is 4.88. The molecule has 14 heavy (non-hydrogen) atoms. The van der Waals surface area contributed by atoms with E-state index in [2.05, 4.69) is 6.58 Å². The molecule has 0 aliphatic carbocycles. The Labute approximate surface area is 82.9 Å². The van der Waals surface area contributed by atoms with E-state index in [0.717, 1.165) is 0 Å². The molecule has 0 amide bonds. The molecule has 3 heteroatoms. The number of hydrogen-bond donors (Lipinski definition) is 2. The highest BCUT2D eigenvalue weighted by atomic mass is 19.1. The highest BCUT2D eigenvalue weighted by Gasteiger charge is 2.10. The second-order valence-corrected chi connectivity index (χ2v) is 3.14. The normalized spacial score (nSPS) is 12.5. The van der Waals surface area contributed by atoms with Crippen LogP contribution >= 0.6 is 0 Å². The van der Waals surface area contributed by atoms with Crippen LogP contribution in [0.1, 0.15) is 23.6 Å². The van der Waals surface area contributed by atoms with E-state index in [4.69, 9.17) is 10.8 Å². The molecule has 0 aliphatic rings. The SMILES string of the molecule is C=CCC(N)c1cc(CO)ccc1F. The monoisotopic (exact) mass is 195 g/mol. The van der Waals surface area contributed by atoms with Gasteiger partial charge in [0.25, 0.3) is 0 Å². The lowest BCUT2D eigenvalue weighted by molar-refractivity contribution is 0.281. The standard InChI is InChI=1S/C11H14FNO/c1-2-3-11(13)9-6-8(7-14)4-5-10(9)12/h2,4-6,11,14H,1,3,7,13H2. The molecule has 2 nitrogen and oxygen atoms in total. The number of nitrogens with two attached hydrogens (primary N) is 1. The Morgan fingerprint density at radius 1 is 1.57 bits per heavy atom. The number of benzene rings is 1. The summed E-state index contributed by atoms with van der Waals surface area (Å²) in [5, 5.41) is 8.88. The summed E-state index contributed by atoms with van der Waals surface area (Å²) in [6.45, 7) is 3.44. The molecular formula is C11H14FNO. The molecule has 0 spiro atoms. The zero-order valence-electron chi connectivity index (χ0n) is 7.91. The van der Waals surface area contributed by atoms with E-state index >= 15 is 0 Å². The van der Waals surface area contributed by atoms with Gasteiger partial charge in [-0.25, -0.2) is 4.39 Å². The van der Waals surface area contributed by atoms with Gasteiger partial charge in [-0.1, -0.05) is 12.1 Å². The smallest absolute Gasteiger partial charge is 0.128 e. The Morgan fingerprint density at radius 3 is 2.86 bits per heavy atom.